The minimum absolute atomic E-state index is 0.0170. The van der Waals surface area contributed by atoms with Gasteiger partial charge in [-0.1, -0.05) is 75.8 Å². The number of nitrogens with one attached hydrogen (secondary N) is 1. The SMILES string of the molecule is C=CCCC(=O)NC[C@@H](OC(=O)[C@H]1[C@@H]2O[C@@]3(CC2Br)[C@@H]1C(=O)N(CCCCCO)[C@@H]3C(=O)N(CC=C)Cn1nnc2ccccc21)c1ccccc1. The number of alkyl halides is 1. The molecule has 2 aromatic carbocycles. The van der Waals surface area contributed by atoms with E-state index in [1.807, 2.05) is 54.6 Å². The van der Waals surface area contributed by atoms with Crippen LogP contribution in [0.4, 0.5) is 0 Å². The summed E-state index contributed by atoms with van der Waals surface area (Å²) in [6.07, 6.45) is 4.58. The molecule has 3 aliphatic rings. The van der Waals surface area contributed by atoms with Crippen LogP contribution in [0, 0.1) is 11.8 Å². The van der Waals surface area contributed by atoms with Crippen molar-refractivity contribution < 1.29 is 33.8 Å². The van der Waals surface area contributed by atoms with Gasteiger partial charge in [-0.2, -0.15) is 0 Å². The molecule has 4 heterocycles. The van der Waals surface area contributed by atoms with E-state index in [-0.39, 0.29) is 61.9 Å². The van der Waals surface area contributed by atoms with Gasteiger partial charge in [-0.3, -0.25) is 19.2 Å². The third kappa shape index (κ3) is 7.28. The summed E-state index contributed by atoms with van der Waals surface area (Å²) in [4.78, 5) is 59.1. The Bertz CT molecular complexity index is 1790. The molecule has 2 N–H and O–H groups in total. The molecule has 0 saturated carbocycles. The summed E-state index contributed by atoms with van der Waals surface area (Å²) in [7, 11) is 0. The molecule has 3 aliphatic heterocycles. The summed E-state index contributed by atoms with van der Waals surface area (Å²) >= 11 is 3.73. The minimum Gasteiger partial charge on any atom is -0.455 e. The number of allylic oxidation sites excluding steroid dienone is 1. The highest BCUT2D eigenvalue weighted by Crippen LogP contribution is 2.60. The Hall–Kier alpha value is -4.40. The number of esters is 1. The quantitative estimate of drug-likeness (QED) is 0.0852. The van der Waals surface area contributed by atoms with Crippen LogP contribution in [0.25, 0.3) is 11.0 Å². The Balaban J connectivity index is 1.31. The number of aliphatic hydroxyl groups is 1. The van der Waals surface area contributed by atoms with Crippen molar-refractivity contribution in [2.75, 3.05) is 26.2 Å². The second kappa shape index (κ2) is 16.5. The minimum atomic E-state index is -1.31. The summed E-state index contributed by atoms with van der Waals surface area (Å²) in [5.41, 5.74) is 0.805. The molecule has 1 aromatic heterocycles. The van der Waals surface area contributed by atoms with Gasteiger partial charge in [-0.05, 0) is 49.8 Å². The monoisotopic (exact) mass is 776 g/mol. The van der Waals surface area contributed by atoms with Crippen LogP contribution in [-0.4, -0.2) is 102 Å². The molecular formula is C38H45BrN6O7. The molecule has 52 heavy (non-hydrogen) atoms. The van der Waals surface area contributed by atoms with E-state index < -0.39 is 41.7 Å². The number of fused-ring (bicyclic) bond motifs is 2. The van der Waals surface area contributed by atoms with Crippen molar-refractivity contribution in [3.63, 3.8) is 0 Å². The van der Waals surface area contributed by atoms with Gasteiger partial charge in [0.25, 0.3) is 0 Å². The average Bonchev–Trinajstić information content (AvgIpc) is 3.87. The largest absolute Gasteiger partial charge is 0.455 e. The molecule has 7 atom stereocenters. The smallest absolute Gasteiger partial charge is 0.313 e. The number of likely N-dealkylation sites (tertiary alicyclic amines) is 1. The number of nitrogens with zero attached hydrogens (tertiary/aromatic N) is 5. The Kier molecular flexibility index (Phi) is 11.9. The average molecular weight is 778 g/mol. The third-order valence-electron chi connectivity index (χ3n) is 10.2. The van der Waals surface area contributed by atoms with Crippen molar-refractivity contribution in [1.82, 2.24) is 30.1 Å². The predicted octanol–water partition coefficient (Wildman–Crippen LogP) is 3.68. The Morgan fingerprint density at radius 1 is 1.12 bits per heavy atom. The van der Waals surface area contributed by atoms with Crippen LogP contribution in [0.3, 0.4) is 0 Å². The molecule has 0 radical (unpaired) electrons. The molecular weight excluding hydrogens is 732 g/mol. The molecule has 3 saturated heterocycles. The lowest BCUT2D eigenvalue weighted by Gasteiger charge is -2.37. The lowest BCUT2D eigenvalue weighted by atomic mass is 9.70. The number of amides is 3. The van der Waals surface area contributed by atoms with Crippen LogP contribution in [0.1, 0.15) is 50.2 Å². The number of hydrogen-bond acceptors (Lipinski definition) is 9. The zero-order valence-corrected chi connectivity index (χ0v) is 30.6. The highest BCUT2D eigenvalue weighted by atomic mass is 79.9. The highest BCUT2D eigenvalue weighted by Gasteiger charge is 2.77. The summed E-state index contributed by atoms with van der Waals surface area (Å²) in [6.45, 7) is 8.07. The number of unbranched alkanes of at least 4 members (excludes halogenated alkanes) is 2. The fourth-order valence-electron chi connectivity index (χ4n) is 7.86. The third-order valence-corrected chi connectivity index (χ3v) is 11.1. The van der Waals surface area contributed by atoms with Crippen LogP contribution in [0.5, 0.6) is 0 Å². The van der Waals surface area contributed by atoms with Gasteiger partial charge in [0, 0.05) is 30.9 Å². The maximum atomic E-state index is 14.9. The topological polar surface area (TPSA) is 156 Å². The highest BCUT2D eigenvalue weighted by molar-refractivity contribution is 9.09. The second-order valence-corrected chi connectivity index (χ2v) is 14.7. The molecule has 3 amide bonds. The molecule has 3 fully saturated rings. The van der Waals surface area contributed by atoms with Crippen molar-refractivity contribution in [3.8, 4) is 0 Å². The summed E-state index contributed by atoms with van der Waals surface area (Å²) in [5.74, 6) is -3.50. The number of halogens is 1. The van der Waals surface area contributed by atoms with Gasteiger partial charge < -0.3 is 29.7 Å². The predicted molar refractivity (Wildman–Crippen MR) is 196 cm³/mol. The number of aromatic nitrogens is 3. The zero-order chi connectivity index (χ0) is 36.8. The van der Waals surface area contributed by atoms with E-state index in [1.165, 1.54) is 0 Å². The zero-order valence-electron chi connectivity index (χ0n) is 29.0. The molecule has 14 heteroatoms. The van der Waals surface area contributed by atoms with Crippen LogP contribution < -0.4 is 5.32 Å². The fraction of sp³-hybridized carbons (Fsp3) is 0.474. The lowest BCUT2D eigenvalue weighted by molar-refractivity contribution is -0.160. The maximum Gasteiger partial charge on any atom is 0.313 e. The van der Waals surface area contributed by atoms with Crippen molar-refractivity contribution in [2.45, 2.75) is 73.9 Å². The maximum absolute atomic E-state index is 14.9. The molecule has 1 spiro atoms. The molecule has 13 nitrogen and oxygen atoms in total. The number of benzene rings is 2. The van der Waals surface area contributed by atoms with Gasteiger partial charge in [0.15, 0.2) is 0 Å². The molecule has 2 bridgehead atoms. The van der Waals surface area contributed by atoms with Gasteiger partial charge in [0.05, 0.1) is 30.0 Å². The summed E-state index contributed by atoms with van der Waals surface area (Å²) < 4.78 is 14.5. The number of hydrogen-bond donors (Lipinski definition) is 2. The molecule has 1 unspecified atom stereocenters. The summed E-state index contributed by atoms with van der Waals surface area (Å²) in [5, 5.41) is 20.8. The standard InChI is InChI=1S/C38H45BrN6O7/c1-3-5-18-30(47)40-23-29(25-14-8-6-9-15-25)51-37(50)31-32-35(48)44(20-12-7-13-21-46)34(38(32)22-26(39)33(31)52-38)36(49)43(19-4-2)24-45-28-17-11-10-16-27(28)41-42-45/h3-4,6,8-11,14-17,26,29,31-34,46H,1-2,5,7,12-13,18-24H2,(H,40,47)/t26?,29-,31-,32+,33-,34-,38+/m1/s1. The fourth-order valence-corrected chi connectivity index (χ4v) is 8.80. The number of ether oxygens (including phenoxy) is 2. The summed E-state index contributed by atoms with van der Waals surface area (Å²) in [6, 6.07) is 15.5. The Morgan fingerprint density at radius 2 is 1.88 bits per heavy atom. The Labute approximate surface area is 311 Å². The van der Waals surface area contributed by atoms with E-state index >= 15 is 0 Å². The number of carbonyl (C=O) groups is 4. The van der Waals surface area contributed by atoms with E-state index in [0.29, 0.717) is 43.2 Å². The number of para-hydroxylation sites is 1. The molecule has 0 aliphatic carbocycles. The van der Waals surface area contributed by atoms with E-state index in [9.17, 15) is 24.3 Å². The lowest BCUT2D eigenvalue weighted by Crippen LogP contribution is -2.57. The van der Waals surface area contributed by atoms with E-state index in [2.05, 4.69) is 44.7 Å². The van der Waals surface area contributed by atoms with Gasteiger partial charge in [0.1, 0.15) is 29.9 Å². The van der Waals surface area contributed by atoms with Crippen LogP contribution in [0.2, 0.25) is 0 Å². The van der Waals surface area contributed by atoms with Crippen LogP contribution in [0.15, 0.2) is 79.9 Å². The first-order valence-corrected chi connectivity index (χ1v) is 18.7. The van der Waals surface area contributed by atoms with E-state index in [1.54, 1.807) is 26.6 Å². The number of aliphatic hydroxyl groups excluding tert-OH is 1. The first kappa shape index (κ1) is 37.4. The van der Waals surface area contributed by atoms with E-state index in [0.717, 1.165) is 5.52 Å². The van der Waals surface area contributed by atoms with Crippen molar-refractivity contribution in [1.29, 1.82) is 0 Å². The number of rotatable bonds is 18. The van der Waals surface area contributed by atoms with Crippen LogP contribution >= 0.6 is 15.9 Å². The van der Waals surface area contributed by atoms with E-state index in [4.69, 9.17) is 9.47 Å². The van der Waals surface area contributed by atoms with Crippen molar-refractivity contribution >= 4 is 50.7 Å². The first-order valence-electron chi connectivity index (χ1n) is 17.8. The normalized spacial score (nSPS) is 25.2. The van der Waals surface area contributed by atoms with Gasteiger partial charge in [0.2, 0.25) is 17.7 Å². The van der Waals surface area contributed by atoms with Gasteiger partial charge in [-0.25, -0.2) is 4.68 Å². The second-order valence-electron chi connectivity index (χ2n) is 13.5. The number of carbonyl (C=O) groups excluding carboxylic acids is 4. The first-order chi connectivity index (χ1) is 25.2. The van der Waals surface area contributed by atoms with Gasteiger partial charge in [-0.15, -0.1) is 18.3 Å². The Morgan fingerprint density at radius 3 is 2.63 bits per heavy atom. The molecule has 6 rings (SSSR count). The molecule has 276 valence electrons. The van der Waals surface area contributed by atoms with Crippen LogP contribution in [-0.2, 0) is 35.3 Å². The molecule has 3 aromatic rings. The van der Waals surface area contributed by atoms with Crippen molar-refractivity contribution in [3.05, 3.63) is 85.5 Å². The van der Waals surface area contributed by atoms with Crippen molar-refractivity contribution in [2.24, 2.45) is 11.8 Å². The van der Waals surface area contributed by atoms with Gasteiger partial charge >= 0.3 is 5.97 Å².